The number of aliphatic imine (C=N–C) groups is 1. The first-order valence-electron chi connectivity index (χ1n) is 5.67. The minimum Gasteiger partial charge on any atom is -0.357 e. The topological polar surface area (TPSA) is 24.4 Å². The van der Waals surface area contributed by atoms with E-state index in [4.69, 9.17) is 0 Å². The molecule has 1 aromatic heterocycles. The van der Waals surface area contributed by atoms with Crippen molar-refractivity contribution in [3.8, 4) is 0 Å². The van der Waals surface area contributed by atoms with E-state index in [1.165, 1.54) is 4.88 Å². The van der Waals surface area contributed by atoms with E-state index in [1.54, 1.807) is 0 Å². The van der Waals surface area contributed by atoms with Crippen molar-refractivity contribution in [2.24, 2.45) is 10.9 Å². The molecule has 0 spiro atoms. The van der Waals surface area contributed by atoms with Gasteiger partial charge in [-0.25, -0.2) is 0 Å². The Morgan fingerprint density at radius 2 is 2.31 bits per heavy atom. The maximum absolute atomic E-state index is 4.59. The summed E-state index contributed by atoms with van der Waals surface area (Å²) in [6, 6.07) is 5.18. The van der Waals surface area contributed by atoms with Crippen LogP contribution < -0.4 is 5.32 Å². The molecule has 2 heterocycles. The van der Waals surface area contributed by atoms with E-state index in [-0.39, 0.29) is 0 Å². The number of hydrogen-bond donors (Lipinski definition) is 1. The SMILES string of the molecule is CC1CSC(NC(c2cccs2)C(C)C)=N1. The highest BCUT2D eigenvalue weighted by molar-refractivity contribution is 8.14. The van der Waals surface area contributed by atoms with Gasteiger partial charge in [-0.15, -0.1) is 11.3 Å². The molecule has 0 fully saturated rings. The van der Waals surface area contributed by atoms with E-state index in [0.717, 1.165) is 10.9 Å². The maximum Gasteiger partial charge on any atom is 0.157 e. The van der Waals surface area contributed by atoms with Crippen LogP contribution in [0.3, 0.4) is 0 Å². The summed E-state index contributed by atoms with van der Waals surface area (Å²) in [5.41, 5.74) is 0. The molecule has 0 radical (unpaired) electrons. The number of thioether (sulfide) groups is 1. The van der Waals surface area contributed by atoms with E-state index in [9.17, 15) is 0 Å². The van der Waals surface area contributed by atoms with Crippen LogP contribution in [0.15, 0.2) is 22.5 Å². The Balaban J connectivity index is 2.07. The van der Waals surface area contributed by atoms with Crippen molar-refractivity contribution in [3.05, 3.63) is 22.4 Å². The standard InChI is InChI=1S/C12H18N2S2/c1-8(2)11(10-5-4-6-15-10)14-12-13-9(3)7-16-12/h4-6,8-9,11H,7H2,1-3H3,(H,13,14). The molecule has 0 saturated carbocycles. The number of nitrogens with one attached hydrogen (secondary N) is 1. The van der Waals surface area contributed by atoms with Crippen LogP contribution in [0.1, 0.15) is 31.7 Å². The Bertz CT molecular complexity index is 357. The van der Waals surface area contributed by atoms with E-state index in [0.29, 0.717) is 18.0 Å². The molecule has 1 aliphatic rings. The molecular formula is C12H18N2S2. The fourth-order valence-corrected chi connectivity index (χ4v) is 3.61. The van der Waals surface area contributed by atoms with Gasteiger partial charge in [-0.05, 0) is 24.3 Å². The van der Waals surface area contributed by atoms with Gasteiger partial charge in [0.15, 0.2) is 5.17 Å². The molecule has 0 aromatic carbocycles. The molecule has 16 heavy (non-hydrogen) atoms. The fourth-order valence-electron chi connectivity index (χ4n) is 1.72. The first kappa shape index (κ1) is 12.0. The van der Waals surface area contributed by atoms with E-state index >= 15 is 0 Å². The van der Waals surface area contributed by atoms with Crippen LogP contribution in [0.5, 0.6) is 0 Å². The van der Waals surface area contributed by atoms with Crippen molar-refractivity contribution < 1.29 is 0 Å². The van der Waals surface area contributed by atoms with Crippen molar-refractivity contribution in [1.82, 2.24) is 5.32 Å². The average Bonchev–Trinajstić information content (AvgIpc) is 2.84. The molecule has 1 aromatic rings. The van der Waals surface area contributed by atoms with E-state index < -0.39 is 0 Å². The zero-order chi connectivity index (χ0) is 11.5. The second-order valence-electron chi connectivity index (χ2n) is 4.48. The minimum absolute atomic E-state index is 0.400. The molecule has 1 aliphatic heterocycles. The van der Waals surface area contributed by atoms with Crippen molar-refractivity contribution in [2.75, 3.05) is 5.75 Å². The molecule has 2 nitrogen and oxygen atoms in total. The van der Waals surface area contributed by atoms with E-state index in [2.05, 4.69) is 48.6 Å². The van der Waals surface area contributed by atoms with Gasteiger partial charge in [0.1, 0.15) is 0 Å². The van der Waals surface area contributed by atoms with Gasteiger partial charge in [-0.1, -0.05) is 31.7 Å². The third kappa shape index (κ3) is 2.80. The summed E-state index contributed by atoms with van der Waals surface area (Å²) in [7, 11) is 0. The molecule has 4 heteroatoms. The molecule has 0 aliphatic carbocycles. The highest BCUT2D eigenvalue weighted by Crippen LogP contribution is 2.28. The van der Waals surface area contributed by atoms with Gasteiger partial charge in [0.05, 0.1) is 12.1 Å². The molecule has 0 amide bonds. The summed E-state index contributed by atoms with van der Waals surface area (Å²) < 4.78 is 0. The quantitative estimate of drug-likeness (QED) is 0.892. The van der Waals surface area contributed by atoms with Crippen LogP contribution in [0.2, 0.25) is 0 Å². The second-order valence-corrected chi connectivity index (χ2v) is 6.46. The fraction of sp³-hybridized carbons (Fsp3) is 0.583. The highest BCUT2D eigenvalue weighted by atomic mass is 32.2. The lowest BCUT2D eigenvalue weighted by Crippen LogP contribution is -2.28. The molecule has 2 rings (SSSR count). The van der Waals surface area contributed by atoms with Gasteiger partial charge < -0.3 is 5.32 Å². The van der Waals surface area contributed by atoms with Crippen LogP contribution in [0.25, 0.3) is 0 Å². The monoisotopic (exact) mass is 254 g/mol. The minimum atomic E-state index is 0.400. The maximum atomic E-state index is 4.59. The third-order valence-corrected chi connectivity index (χ3v) is 4.70. The van der Waals surface area contributed by atoms with Crippen molar-refractivity contribution in [1.29, 1.82) is 0 Å². The van der Waals surface area contributed by atoms with Crippen LogP contribution in [0, 0.1) is 5.92 Å². The summed E-state index contributed by atoms with van der Waals surface area (Å²) in [5, 5.41) is 6.82. The second kappa shape index (κ2) is 5.23. The lowest BCUT2D eigenvalue weighted by molar-refractivity contribution is 0.480. The van der Waals surface area contributed by atoms with Gasteiger partial charge in [-0.3, -0.25) is 4.99 Å². The van der Waals surface area contributed by atoms with Gasteiger partial charge in [0, 0.05) is 10.6 Å². The normalized spacial score (nSPS) is 22.2. The number of rotatable bonds is 3. The van der Waals surface area contributed by atoms with Crippen molar-refractivity contribution in [2.45, 2.75) is 32.9 Å². The van der Waals surface area contributed by atoms with Crippen LogP contribution in [-0.2, 0) is 0 Å². The molecule has 0 saturated heterocycles. The van der Waals surface area contributed by atoms with E-state index in [1.807, 2.05) is 23.1 Å². The Kier molecular flexibility index (Phi) is 3.92. The zero-order valence-electron chi connectivity index (χ0n) is 9.93. The van der Waals surface area contributed by atoms with Gasteiger partial charge >= 0.3 is 0 Å². The Morgan fingerprint density at radius 3 is 2.81 bits per heavy atom. The van der Waals surface area contributed by atoms with Crippen LogP contribution in [-0.4, -0.2) is 17.0 Å². The smallest absolute Gasteiger partial charge is 0.157 e. The molecule has 0 bridgehead atoms. The molecule has 88 valence electrons. The van der Waals surface area contributed by atoms with Crippen molar-refractivity contribution in [3.63, 3.8) is 0 Å². The van der Waals surface area contributed by atoms with Gasteiger partial charge in [-0.2, -0.15) is 0 Å². The van der Waals surface area contributed by atoms with Gasteiger partial charge in [0.25, 0.3) is 0 Å². The number of nitrogens with zero attached hydrogens (tertiary/aromatic N) is 1. The molecule has 1 N–H and O–H groups in total. The lowest BCUT2D eigenvalue weighted by Gasteiger charge is -2.21. The number of thiophene rings is 1. The van der Waals surface area contributed by atoms with Crippen LogP contribution in [0.4, 0.5) is 0 Å². The predicted molar refractivity (Wildman–Crippen MR) is 74.4 cm³/mol. The molecule has 2 atom stereocenters. The number of hydrogen-bond acceptors (Lipinski definition) is 4. The first-order valence-corrected chi connectivity index (χ1v) is 7.54. The summed E-state index contributed by atoms with van der Waals surface area (Å²) in [5.74, 6) is 1.69. The Labute approximate surface area is 106 Å². The summed E-state index contributed by atoms with van der Waals surface area (Å²) in [6.45, 7) is 6.67. The van der Waals surface area contributed by atoms with Crippen molar-refractivity contribution >= 4 is 28.3 Å². The number of amidine groups is 1. The third-order valence-electron chi connectivity index (χ3n) is 2.59. The molecular weight excluding hydrogens is 236 g/mol. The van der Waals surface area contributed by atoms with Crippen LogP contribution >= 0.6 is 23.1 Å². The predicted octanol–water partition coefficient (Wildman–Crippen LogP) is 3.53. The summed E-state index contributed by atoms with van der Waals surface area (Å²) in [6.07, 6.45) is 0. The first-order chi connectivity index (χ1) is 7.66. The lowest BCUT2D eigenvalue weighted by atomic mass is 10.0. The average molecular weight is 254 g/mol. The summed E-state index contributed by atoms with van der Waals surface area (Å²) in [4.78, 5) is 5.99. The van der Waals surface area contributed by atoms with Gasteiger partial charge in [0.2, 0.25) is 0 Å². The Morgan fingerprint density at radius 1 is 1.50 bits per heavy atom. The summed E-state index contributed by atoms with van der Waals surface area (Å²) >= 11 is 3.65. The molecule has 2 unspecified atom stereocenters. The highest BCUT2D eigenvalue weighted by Gasteiger charge is 2.21. The zero-order valence-corrected chi connectivity index (χ0v) is 11.6. The Hall–Kier alpha value is -0.480. The largest absolute Gasteiger partial charge is 0.357 e.